The van der Waals surface area contributed by atoms with Gasteiger partial charge in [0.2, 0.25) is 0 Å². The van der Waals surface area contributed by atoms with Crippen LogP contribution in [0.4, 0.5) is 0 Å². The molecule has 0 N–H and O–H groups in total. The molecule has 0 atom stereocenters. The number of benzene rings is 1. The average Bonchev–Trinajstić information content (AvgIpc) is 2.45. The molecule has 0 radical (unpaired) electrons. The number of pyridine rings is 1. The second kappa shape index (κ2) is 6.02. The number of methoxy groups -OCH3 is 1. The van der Waals surface area contributed by atoms with Crippen molar-refractivity contribution in [3.63, 3.8) is 0 Å². The Balaban J connectivity index is 2.60. The third-order valence-corrected chi connectivity index (χ3v) is 5.63. The maximum atomic E-state index is 8.50. The highest BCUT2D eigenvalue weighted by molar-refractivity contribution is 6.89. The lowest BCUT2D eigenvalue weighted by Gasteiger charge is -2.23. The summed E-state index contributed by atoms with van der Waals surface area (Å²) in [5.41, 5.74) is 3.00. The second-order valence-corrected chi connectivity index (χ2v) is 11.6. The van der Waals surface area contributed by atoms with E-state index in [-0.39, 0.29) is 0 Å². The highest BCUT2D eigenvalue weighted by Crippen LogP contribution is 2.25. The third kappa shape index (κ3) is 3.53. The van der Waals surface area contributed by atoms with Crippen LogP contribution in [0.25, 0.3) is 11.3 Å². The molecule has 112 valence electrons. The molecular formula is C18H25NOSi. The van der Waals surface area contributed by atoms with Gasteiger partial charge < -0.3 is 4.74 Å². The summed E-state index contributed by atoms with van der Waals surface area (Å²) in [4.78, 5) is 4.66. The third-order valence-electron chi connectivity index (χ3n) is 3.62. The Kier molecular flexibility index (Phi) is 4.11. The Hall–Kier alpha value is -1.61. The van der Waals surface area contributed by atoms with Gasteiger partial charge in [-0.1, -0.05) is 45.6 Å². The SMILES string of the molecule is [2H]C(C)(C)c1cc(-c2cccc(OC)c2)ncc1[Si](C)(C)C. The Morgan fingerprint density at radius 2 is 1.90 bits per heavy atom. The van der Waals surface area contributed by atoms with Crippen molar-refractivity contribution in [1.29, 1.82) is 0 Å². The van der Waals surface area contributed by atoms with Crippen molar-refractivity contribution in [3.8, 4) is 17.0 Å². The minimum Gasteiger partial charge on any atom is -0.497 e. The molecule has 2 nitrogen and oxygen atoms in total. The smallest absolute Gasteiger partial charge is 0.119 e. The molecular weight excluding hydrogens is 274 g/mol. The number of rotatable bonds is 4. The van der Waals surface area contributed by atoms with Crippen molar-refractivity contribution in [3.05, 3.63) is 42.1 Å². The Morgan fingerprint density at radius 1 is 1.19 bits per heavy atom. The van der Waals surface area contributed by atoms with Crippen LogP contribution in [0.2, 0.25) is 19.6 Å². The average molecular weight is 300 g/mol. The summed E-state index contributed by atoms with van der Waals surface area (Å²) < 4.78 is 13.8. The number of aromatic nitrogens is 1. The molecule has 0 unspecified atom stereocenters. The first-order valence-corrected chi connectivity index (χ1v) is 10.8. The van der Waals surface area contributed by atoms with Crippen LogP contribution in [-0.2, 0) is 0 Å². The molecule has 1 aromatic heterocycles. The van der Waals surface area contributed by atoms with E-state index in [1.54, 1.807) is 7.11 Å². The molecule has 2 aromatic rings. The fourth-order valence-electron chi connectivity index (χ4n) is 2.41. The van der Waals surface area contributed by atoms with E-state index in [0.717, 1.165) is 22.6 Å². The quantitative estimate of drug-likeness (QED) is 0.780. The van der Waals surface area contributed by atoms with E-state index in [1.807, 2.05) is 44.3 Å². The zero-order valence-electron chi connectivity index (χ0n) is 14.8. The Labute approximate surface area is 130 Å². The largest absolute Gasteiger partial charge is 0.497 e. The summed E-state index contributed by atoms with van der Waals surface area (Å²) >= 11 is 0. The molecule has 0 saturated heterocycles. The lowest BCUT2D eigenvalue weighted by atomic mass is 10.0. The van der Waals surface area contributed by atoms with E-state index in [0.29, 0.717) is 0 Å². The predicted octanol–water partition coefficient (Wildman–Crippen LogP) is 4.43. The first-order valence-electron chi connectivity index (χ1n) is 7.78. The zero-order valence-corrected chi connectivity index (χ0v) is 14.8. The number of hydrogen-bond donors (Lipinski definition) is 0. The first-order chi connectivity index (χ1) is 10.1. The predicted molar refractivity (Wildman–Crippen MR) is 93.3 cm³/mol. The van der Waals surface area contributed by atoms with Gasteiger partial charge in [-0.05, 0) is 34.8 Å². The van der Waals surface area contributed by atoms with Crippen molar-refractivity contribution in [2.75, 3.05) is 7.11 Å². The van der Waals surface area contributed by atoms with Crippen LogP contribution in [0.1, 0.15) is 26.7 Å². The highest BCUT2D eigenvalue weighted by atomic mass is 28.3. The number of hydrogen-bond acceptors (Lipinski definition) is 2. The summed E-state index contributed by atoms with van der Waals surface area (Å²) in [6.07, 6.45) is 1.98. The van der Waals surface area contributed by atoms with E-state index < -0.39 is 14.0 Å². The summed E-state index contributed by atoms with van der Waals surface area (Å²) in [6.45, 7) is 10.8. The van der Waals surface area contributed by atoms with E-state index >= 15 is 0 Å². The van der Waals surface area contributed by atoms with Crippen molar-refractivity contribution in [2.45, 2.75) is 39.4 Å². The first kappa shape index (κ1) is 14.3. The Morgan fingerprint density at radius 3 is 2.48 bits per heavy atom. The normalized spacial score (nSPS) is 13.0. The van der Waals surface area contributed by atoms with Gasteiger partial charge in [-0.3, -0.25) is 4.98 Å². The van der Waals surface area contributed by atoms with Gasteiger partial charge in [-0.15, -0.1) is 0 Å². The van der Waals surface area contributed by atoms with Crippen LogP contribution in [0, 0.1) is 0 Å². The monoisotopic (exact) mass is 300 g/mol. The van der Waals surface area contributed by atoms with Crippen LogP contribution in [0.3, 0.4) is 0 Å². The molecule has 0 aliphatic heterocycles. The number of ether oxygens (including phenoxy) is 1. The molecule has 0 saturated carbocycles. The molecule has 0 aliphatic rings. The van der Waals surface area contributed by atoms with Crippen molar-refractivity contribution in [2.24, 2.45) is 0 Å². The van der Waals surface area contributed by atoms with Crippen LogP contribution < -0.4 is 9.92 Å². The maximum Gasteiger partial charge on any atom is 0.119 e. The van der Waals surface area contributed by atoms with Crippen LogP contribution in [0.15, 0.2) is 36.5 Å². The molecule has 1 aromatic carbocycles. The lowest BCUT2D eigenvalue weighted by molar-refractivity contribution is 0.415. The van der Waals surface area contributed by atoms with Gasteiger partial charge in [0, 0.05) is 13.1 Å². The minimum absolute atomic E-state index is 0.633. The van der Waals surface area contributed by atoms with Crippen molar-refractivity contribution >= 4 is 13.3 Å². The number of nitrogens with zero attached hydrogens (tertiary/aromatic N) is 1. The molecule has 3 heteroatoms. The lowest BCUT2D eigenvalue weighted by Crippen LogP contribution is -2.40. The maximum absolute atomic E-state index is 8.50. The summed E-state index contributed by atoms with van der Waals surface area (Å²) in [6, 6.07) is 9.98. The standard InChI is InChI=1S/C18H25NOSi/c1-13(2)16-11-17(19-12-18(16)21(4,5)6)14-8-7-9-15(10-14)20-3/h7-13H,1-6H3/i13D. The molecule has 21 heavy (non-hydrogen) atoms. The second-order valence-electron chi connectivity index (χ2n) is 6.60. The van der Waals surface area contributed by atoms with Gasteiger partial charge >= 0.3 is 0 Å². The van der Waals surface area contributed by atoms with Crippen LogP contribution >= 0.6 is 0 Å². The Bertz CT molecular complexity index is 672. The van der Waals surface area contributed by atoms with Crippen molar-refractivity contribution in [1.82, 2.24) is 4.98 Å². The minimum atomic E-state index is -1.54. The summed E-state index contributed by atoms with van der Waals surface area (Å²) in [5.74, 6) is 0.187. The van der Waals surface area contributed by atoms with Crippen LogP contribution in [0.5, 0.6) is 5.75 Å². The molecule has 0 bridgehead atoms. The fraction of sp³-hybridized carbons (Fsp3) is 0.389. The van der Waals surface area contributed by atoms with Gasteiger partial charge in [0.1, 0.15) is 5.75 Å². The van der Waals surface area contributed by atoms with Crippen LogP contribution in [-0.4, -0.2) is 20.2 Å². The zero-order chi connectivity index (χ0) is 16.5. The van der Waals surface area contributed by atoms with Gasteiger partial charge in [0.25, 0.3) is 0 Å². The fourth-order valence-corrected chi connectivity index (χ4v) is 3.99. The van der Waals surface area contributed by atoms with Gasteiger partial charge in [0.05, 0.1) is 20.9 Å². The highest BCUT2D eigenvalue weighted by Gasteiger charge is 2.22. The van der Waals surface area contributed by atoms with E-state index in [1.165, 1.54) is 5.19 Å². The van der Waals surface area contributed by atoms with E-state index in [2.05, 4.69) is 30.7 Å². The van der Waals surface area contributed by atoms with Gasteiger partial charge in [0.15, 0.2) is 0 Å². The summed E-state index contributed by atoms with van der Waals surface area (Å²) in [7, 11) is 0.129. The van der Waals surface area contributed by atoms with Gasteiger partial charge in [-0.25, -0.2) is 0 Å². The molecule has 0 fully saturated rings. The van der Waals surface area contributed by atoms with E-state index in [9.17, 15) is 0 Å². The topological polar surface area (TPSA) is 22.1 Å². The molecule has 0 spiro atoms. The molecule has 0 amide bonds. The van der Waals surface area contributed by atoms with Gasteiger partial charge in [-0.2, -0.15) is 0 Å². The molecule has 0 aliphatic carbocycles. The van der Waals surface area contributed by atoms with Crippen molar-refractivity contribution < 1.29 is 6.11 Å². The molecule has 2 rings (SSSR count). The summed E-state index contributed by atoms with van der Waals surface area (Å²) in [5, 5.41) is 1.26. The molecule has 1 heterocycles. The van der Waals surface area contributed by atoms with E-state index in [4.69, 9.17) is 6.11 Å².